The molecule has 0 radical (unpaired) electrons. The Morgan fingerprint density at radius 3 is 2.09 bits per heavy atom. The van der Waals surface area contributed by atoms with Gasteiger partial charge in [0.15, 0.2) is 5.78 Å². The second kappa shape index (κ2) is 6.66. The fourth-order valence-corrected chi connectivity index (χ4v) is 4.77. The number of nitrogens with one attached hydrogen (secondary N) is 1. The van der Waals surface area contributed by atoms with Crippen molar-refractivity contribution in [2.45, 2.75) is 32.1 Å². The molecule has 1 atom stereocenters. The third kappa shape index (κ3) is 2.68. The lowest BCUT2D eigenvalue weighted by atomic mass is 9.79. The Kier molecular flexibility index (Phi) is 4.21. The van der Waals surface area contributed by atoms with Gasteiger partial charge in [-0.15, -0.1) is 0 Å². The van der Waals surface area contributed by atoms with E-state index in [2.05, 4.69) is 38.2 Å². The number of fused-ring (bicyclic) bond motifs is 3. The summed E-state index contributed by atoms with van der Waals surface area (Å²) >= 11 is 0. The minimum atomic E-state index is -0.569. The van der Waals surface area contributed by atoms with Crippen molar-refractivity contribution in [2.24, 2.45) is 14.1 Å². The first kappa shape index (κ1) is 20.2. The molecule has 3 aromatic rings. The Morgan fingerprint density at radius 2 is 1.47 bits per heavy atom. The van der Waals surface area contributed by atoms with Gasteiger partial charge in [-0.05, 0) is 16.5 Å². The van der Waals surface area contributed by atoms with Gasteiger partial charge in [0.1, 0.15) is 5.82 Å². The summed E-state index contributed by atoms with van der Waals surface area (Å²) < 4.78 is 2.55. The number of benzene rings is 2. The fraction of sp³-hybridized carbons (Fsp3) is 0.269. The molecule has 1 aliphatic carbocycles. The predicted molar refractivity (Wildman–Crippen MR) is 125 cm³/mol. The van der Waals surface area contributed by atoms with Gasteiger partial charge in [-0.25, -0.2) is 4.79 Å². The van der Waals surface area contributed by atoms with Crippen molar-refractivity contribution in [2.75, 3.05) is 5.32 Å². The number of carbonyl (C=O) groups excluding carboxylic acids is 1. The molecule has 0 fully saturated rings. The van der Waals surface area contributed by atoms with Crippen LogP contribution in [0.4, 0.5) is 5.82 Å². The standard InChI is InChI=1S/C26H25N3O3/c1-26(2,3)15-12-10-14(11-13-15)18-19-21(16-8-6-7-9-17(16)22(19)30)27-23-20(18)24(31)29(5)25(32)28(23)4/h6-13,18,27H,1-5H3. The van der Waals surface area contributed by atoms with Crippen molar-refractivity contribution >= 4 is 17.3 Å². The summed E-state index contributed by atoms with van der Waals surface area (Å²) in [6.07, 6.45) is 0. The zero-order valence-corrected chi connectivity index (χ0v) is 18.8. The van der Waals surface area contributed by atoms with Gasteiger partial charge in [0.05, 0.1) is 11.3 Å². The van der Waals surface area contributed by atoms with Crippen LogP contribution in [0.25, 0.3) is 5.70 Å². The number of carbonyl (C=O) groups is 1. The first-order valence-corrected chi connectivity index (χ1v) is 10.7. The van der Waals surface area contributed by atoms with Gasteiger partial charge in [-0.2, -0.15) is 0 Å². The van der Waals surface area contributed by atoms with Crippen molar-refractivity contribution in [3.63, 3.8) is 0 Å². The number of anilines is 1. The summed E-state index contributed by atoms with van der Waals surface area (Å²) in [7, 11) is 3.11. The van der Waals surface area contributed by atoms with Gasteiger partial charge in [0.25, 0.3) is 5.56 Å². The highest BCUT2D eigenvalue weighted by atomic mass is 16.2. The molecule has 5 rings (SSSR count). The number of hydrogen-bond donors (Lipinski definition) is 1. The van der Waals surface area contributed by atoms with Crippen molar-refractivity contribution < 1.29 is 4.79 Å². The van der Waals surface area contributed by atoms with E-state index in [1.165, 1.54) is 17.2 Å². The van der Waals surface area contributed by atoms with E-state index >= 15 is 0 Å². The van der Waals surface area contributed by atoms with Crippen LogP contribution in [0.15, 0.2) is 63.7 Å². The average Bonchev–Trinajstić information content (AvgIpc) is 3.06. The maximum atomic E-state index is 13.5. The molecule has 0 saturated carbocycles. The van der Waals surface area contributed by atoms with E-state index in [0.29, 0.717) is 28.2 Å². The first-order chi connectivity index (χ1) is 15.1. The van der Waals surface area contributed by atoms with Gasteiger partial charge >= 0.3 is 5.69 Å². The van der Waals surface area contributed by atoms with E-state index in [1.807, 2.05) is 30.3 Å². The fourth-order valence-electron chi connectivity index (χ4n) is 4.77. The first-order valence-electron chi connectivity index (χ1n) is 10.7. The normalized spacial score (nSPS) is 17.0. The highest BCUT2D eigenvalue weighted by molar-refractivity contribution is 6.23. The van der Waals surface area contributed by atoms with E-state index in [0.717, 1.165) is 15.7 Å². The average molecular weight is 428 g/mol. The van der Waals surface area contributed by atoms with Crippen LogP contribution in [-0.4, -0.2) is 14.9 Å². The Balaban J connectivity index is 1.82. The van der Waals surface area contributed by atoms with E-state index in [-0.39, 0.29) is 11.2 Å². The maximum absolute atomic E-state index is 13.5. The number of ketones is 1. The Hall–Kier alpha value is -3.67. The quantitative estimate of drug-likeness (QED) is 0.645. The number of Topliss-reactive ketones (excluding diaryl/α,β-unsaturated/α-hetero) is 1. The third-order valence-corrected chi connectivity index (χ3v) is 6.59. The van der Waals surface area contributed by atoms with Crippen molar-refractivity contribution in [1.29, 1.82) is 0 Å². The maximum Gasteiger partial charge on any atom is 0.332 e. The van der Waals surface area contributed by atoms with E-state index in [4.69, 9.17) is 0 Å². The van der Waals surface area contributed by atoms with Crippen LogP contribution >= 0.6 is 0 Å². The van der Waals surface area contributed by atoms with E-state index < -0.39 is 17.2 Å². The SMILES string of the molecule is Cn1c2c(c(=O)n(C)c1=O)C(c1ccc(C(C)(C)C)cc1)C1=C(N2)c2ccccc2C1=O. The van der Waals surface area contributed by atoms with Gasteiger partial charge in [-0.1, -0.05) is 69.3 Å². The van der Waals surface area contributed by atoms with Gasteiger partial charge in [0, 0.05) is 36.7 Å². The number of allylic oxidation sites excluding steroid dienone is 1. The molecule has 6 heteroatoms. The molecular formula is C26H25N3O3. The summed E-state index contributed by atoms with van der Waals surface area (Å²) in [5.41, 5.74) is 4.24. The van der Waals surface area contributed by atoms with Crippen LogP contribution in [0.5, 0.6) is 0 Å². The van der Waals surface area contributed by atoms with Gasteiger partial charge < -0.3 is 5.32 Å². The van der Waals surface area contributed by atoms with Crippen LogP contribution in [-0.2, 0) is 19.5 Å². The molecule has 162 valence electrons. The second-order valence-corrected chi connectivity index (χ2v) is 9.56. The Labute approximate surface area is 185 Å². The van der Waals surface area contributed by atoms with Crippen molar-refractivity contribution in [3.8, 4) is 0 Å². The smallest absolute Gasteiger partial charge is 0.332 e. The molecule has 32 heavy (non-hydrogen) atoms. The summed E-state index contributed by atoms with van der Waals surface area (Å²) in [6.45, 7) is 6.43. The topological polar surface area (TPSA) is 73.1 Å². The molecule has 1 unspecified atom stereocenters. The molecule has 2 aromatic carbocycles. The second-order valence-electron chi connectivity index (χ2n) is 9.56. The Morgan fingerprint density at radius 1 is 0.844 bits per heavy atom. The van der Waals surface area contributed by atoms with Crippen LogP contribution in [0.3, 0.4) is 0 Å². The Bertz CT molecular complexity index is 1450. The van der Waals surface area contributed by atoms with Crippen molar-refractivity contribution in [1.82, 2.24) is 9.13 Å². The van der Waals surface area contributed by atoms with Crippen LogP contribution < -0.4 is 16.6 Å². The van der Waals surface area contributed by atoms with Gasteiger partial charge in [-0.3, -0.25) is 18.7 Å². The number of rotatable bonds is 1. The lowest BCUT2D eigenvalue weighted by Gasteiger charge is -2.30. The lowest BCUT2D eigenvalue weighted by Crippen LogP contribution is -2.42. The highest BCUT2D eigenvalue weighted by Gasteiger charge is 2.42. The zero-order valence-electron chi connectivity index (χ0n) is 18.8. The molecular weight excluding hydrogens is 402 g/mol. The molecule has 6 nitrogen and oxygen atoms in total. The molecule has 2 heterocycles. The van der Waals surface area contributed by atoms with Crippen LogP contribution in [0.2, 0.25) is 0 Å². The number of aromatic nitrogens is 2. The summed E-state index contributed by atoms with van der Waals surface area (Å²) in [5, 5.41) is 3.27. The minimum absolute atomic E-state index is 0.0194. The monoisotopic (exact) mass is 427 g/mol. The van der Waals surface area contributed by atoms with Gasteiger partial charge in [0.2, 0.25) is 0 Å². The number of nitrogens with zero attached hydrogens (tertiary/aromatic N) is 2. The lowest BCUT2D eigenvalue weighted by molar-refractivity contribution is 0.103. The summed E-state index contributed by atoms with van der Waals surface area (Å²) in [5.74, 6) is -0.221. The largest absolute Gasteiger partial charge is 0.340 e. The minimum Gasteiger partial charge on any atom is -0.340 e. The molecule has 0 bridgehead atoms. The van der Waals surface area contributed by atoms with E-state index in [9.17, 15) is 14.4 Å². The predicted octanol–water partition coefficient (Wildman–Crippen LogP) is 3.55. The van der Waals surface area contributed by atoms with Crippen LogP contribution in [0, 0.1) is 0 Å². The van der Waals surface area contributed by atoms with Crippen LogP contribution in [0.1, 0.15) is 59.3 Å². The molecule has 2 aliphatic rings. The molecule has 1 aromatic heterocycles. The number of hydrogen-bond acceptors (Lipinski definition) is 4. The summed E-state index contributed by atoms with van der Waals surface area (Å²) in [4.78, 5) is 39.5. The third-order valence-electron chi connectivity index (χ3n) is 6.59. The molecule has 1 aliphatic heterocycles. The molecule has 0 amide bonds. The highest BCUT2D eigenvalue weighted by Crippen LogP contribution is 2.47. The van der Waals surface area contributed by atoms with Crippen molar-refractivity contribution in [3.05, 3.63) is 103 Å². The molecule has 0 saturated heterocycles. The van der Waals surface area contributed by atoms with E-state index in [1.54, 1.807) is 13.1 Å². The molecule has 1 N–H and O–H groups in total. The molecule has 0 spiro atoms. The zero-order chi connectivity index (χ0) is 22.9. The summed E-state index contributed by atoms with van der Waals surface area (Å²) in [6, 6.07) is 15.5.